The highest BCUT2D eigenvalue weighted by atomic mass is 32.1. The Balaban J connectivity index is 1.43. The van der Waals surface area contributed by atoms with Gasteiger partial charge in [0.05, 0.1) is 48.0 Å². The number of hydrazine groups is 1. The molecule has 5 heterocycles. The number of methoxy groups -OCH3 is 1. The lowest BCUT2D eigenvalue weighted by atomic mass is 9.84. The zero-order valence-electron chi connectivity index (χ0n) is 39.1. The number of aromatic nitrogens is 2. The van der Waals surface area contributed by atoms with Gasteiger partial charge in [-0.15, -0.1) is 11.3 Å². The highest BCUT2D eigenvalue weighted by Crippen LogP contribution is 2.40. The monoisotopic (exact) mass is 907 g/mol. The number of carbonyl (C=O) groups is 3. The Morgan fingerprint density at radius 1 is 1.20 bits per heavy atom. The average molecular weight is 908 g/mol. The summed E-state index contributed by atoms with van der Waals surface area (Å²) >= 11 is 1.38. The van der Waals surface area contributed by atoms with Crippen LogP contribution < -0.4 is 10.7 Å². The Kier molecular flexibility index (Phi) is 15.8. The molecule has 3 aromatic rings. The van der Waals surface area contributed by atoms with E-state index in [2.05, 4.69) is 41.1 Å². The van der Waals surface area contributed by atoms with Crippen molar-refractivity contribution >= 4 is 51.9 Å². The number of hydrogen-bond donors (Lipinski definition) is 2. The van der Waals surface area contributed by atoms with Gasteiger partial charge in [0.25, 0.3) is 12.3 Å². The number of thiazole rings is 1. The van der Waals surface area contributed by atoms with Crippen molar-refractivity contribution in [1.82, 2.24) is 40.0 Å². The van der Waals surface area contributed by atoms with Crippen molar-refractivity contribution in [1.29, 1.82) is 0 Å². The van der Waals surface area contributed by atoms with E-state index in [1.165, 1.54) is 16.2 Å². The standard InChI is InChI=1S/C47H67F2N9O5S/c1-12-33(41(50-13-2)29(5)62-11)43-35-21-47(6,7)27-63-25-31-15-14-18-58(53-31)45(60)36(52-44(59)42(28(3)4)55(10)46(61)56-22-32(23-56)54(8)9)20-40-51-37(26-64-40)30-16-17-38(34(35)19-30)57(43)24-39(48)49/h12-13,16-17,19,26,28-29,31-32,36,39,42,53H,1,14-15,18,20-25,27H2,2-11H3,(H,52,59)/b41-33+,50-13-/t29-,31-,36-,42-/m0/s1. The largest absolute Gasteiger partial charge is 0.379 e. The molecule has 14 nitrogen and oxygen atoms in total. The summed E-state index contributed by atoms with van der Waals surface area (Å²) in [5.74, 6) is -0.971. The third-order valence-corrected chi connectivity index (χ3v) is 13.4. The molecule has 64 heavy (non-hydrogen) atoms. The van der Waals surface area contributed by atoms with Gasteiger partial charge in [0.2, 0.25) is 5.91 Å². The number of amides is 4. The van der Waals surface area contributed by atoms with Crippen LogP contribution >= 0.6 is 11.3 Å². The predicted octanol–water partition coefficient (Wildman–Crippen LogP) is 6.50. The second-order valence-electron chi connectivity index (χ2n) is 18.6. The molecule has 2 aromatic heterocycles. The first kappa shape index (κ1) is 48.9. The van der Waals surface area contributed by atoms with Crippen LogP contribution in [0.15, 0.2) is 46.9 Å². The molecule has 3 aliphatic heterocycles. The van der Waals surface area contributed by atoms with Crippen molar-refractivity contribution in [2.75, 3.05) is 61.1 Å². The molecule has 0 spiro atoms. The maximum atomic E-state index is 14.6. The lowest BCUT2D eigenvalue weighted by Gasteiger charge is -2.45. The summed E-state index contributed by atoms with van der Waals surface area (Å²) in [6.07, 6.45) is 2.30. The summed E-state index contributed by atoms with van der Waals surface area (Å²) in [6.45, 7) is 17.5. The number of hydrogen-bond acceptors (Lipinski definition) is 10. The SMILES string of the molecule is C=C/C(=C(\N=C/C)[C@H](C)OC)c1c2c3cc(ccc3n1CC(F)F)-c1csc(n1)C[C@H](NC(=O)[C@H](C(C)C)N(C)C(=O)N1CC(N(C)C)C1)C(=O)N1CCC[C@@H](COCC(C)(C)C2)N1. The Hall–Kier alpha value is -4.55. The molecule has 0 aliphatic carbocycles. The van der Waals surface area contributed by atoms with Crippen LogP contribution in [-0.4, -0.2) is 151 Å². The maximum absolute atomic E-state index is 14.6. The van der Waals surface area contributed by atoms with Gasteiger partial charge in [0, 0.05) is 85.9 Å². The zero-order valence-corrected chi connectivity index (χ0v) is 39.9. The Morgan fingerprint density at radius 2 is 1.94 bits per heavy atom. The number of rotatable bonds is 12. The molecule has 3 aliphatic rings. The molecule has 0 radical (unpaired) electrons. The first-order valence-electron chi connectivity index (χ1n) is 22.3. The number of carbonyl (C=O) groups excluding carboxylic acids is 3. The maximum Gasteiger partial charge on any atom is 0.320 e. The molecule has 4 atom stereocenters. The van der Waals surface area contributed by atoms with E-state index in [0.717, 1.165) is 29.4 Å². The summed E-state index contributed by atoms with van der Waals surface area (Å²) in [6, 6.07) is 3.75. The molecule has 17 heteroatoms. The number of nitrogens with zero attached hydrogens (tertiary/aromatic N) is 7. The average Bonchev–Trinajstić information content (AvgIpc) is 3.80. The van der Waals surface area contributed by atoms with Crippen LogP contribution in [0.2, 0.25) is 0 Å². The normalized spacial score (nSPS) is 21.3. The third-order valence-electron chi connectivity index (χ3n) is 12.6. The summed E-state index contributed by atoms with van der Waals surface area (Å²) < 4.78 is 43.2. The van der Waals surface area contributed by atoms with E-state index in [-0.39, 0.29) is 36.4 Å². The number of fused-ring (bicyclic) bond motifs is 6. The number of ether oxygens (including phenoxy) is 2. The molecule has 2 fully saturated rings. The molecular formula is C47H67F2N9O5S. The lowest BCUT2D eigenvalue weighted by Crippen LogP contribution is -2.65. The predicted molar refractivity (Wildman–Crippen MR) is 249 cm³/mol. The minimum atomic E-state index is -2.65. The van der Waals surface area contributed by atoms with Crippen LogP contribution in [0.1, 0.15) is 70.6 Å². The minimum absolute atomic E-state index is 0.107. The molecular weight excluding hydrogens is 841 g/mol. The van der Waals surface area contributed by atoms with Crippen LogP contribution in [0.5, 0.6) is 0 Å². The molecule has 2 N–H and O–H groups in total. The number of halogens is 2. The van der Waals surface area contributed by atoms with Gasteiger partial charge in [-0.05, 0) is 76.2 Å². The zero-order chi connectivity index (χ0) is 46.6. The lowest BCUT2D eigenvalue weighted by molar-refractivity contribution is -0.143. The van der Waals surface area contributed by atoms with Crippen LogP contribution in [-0.2, 0) is 38.4 Å². The van der Waals surface area contributed by atoms with E-state index < -0.39 is 42.5 Å². The highest BCUT2D eigenvalue weighted by Gasteiger charge is 2.40. The van der Waals surface area contributed by atoms with Gasteiger partial charge >= 0.3 is 6.03 Å². The minimum Gasteiger partial charge on any atom is -0.379 e. The van der Waals surface area contributed by atoms with Crippen molar-refractivity contribution in [3.63, 3.8) is 0 Å². The van der Waals surface area contributed by atoms with Crippen LogP contribution in [0.4, 0.5) is 13.6 Å². The fourth-order valence-electron chi connectivity index (χ4n) is 9.07. The fourth-order valence-corrected chi connectivity index (χ4v) is 9.92. The number of aliphatic imine (C=N–C) groups is 1. The van der Waals surface area contributed by atoms with Crippen molar-refractivity contribution < 1.29 is 32.6 Å². The number of likely N-dealkylation sites (N-methyl/N-ethyl adjacent to an activating group) is 2. The fraction of sp³-hybridized carbons (Fsp3) is 0.596. The van der Waals surface area contributed by atoms with E-state index >= 15 is 0 Å². The van der Waals surface area contributed by atoms with Crippen molar-refractivity contribution in [2.45, 2.75) is 110 Å². The first-order valence-corrected chi connectivity index (χ1v) is 23.2. The Morgan fingerprint density at radius 3 is 2.58 bits per heavy atom. The van der Waals surface area contributed by atoms with E-state index in [4.69, 9.17) is 14.5 Å². The van der Waals surface area contributed by atoms with Crippen LogP contribution in [0.3, 0.4) is 0 Å². The van der Waals surface area contributed by atoms with Crippen molar-refractivity contribution in [3.8, 4) is 11.3 Å². The summed E-state index contributed by atoms with van der Waals surface area (Å²) in [4.78, 5) is 57.5. The van der Waals surface area contributed by atoms with Gasteiger partial charge in [-0.2, -0.15) is 0 Å². The van der Waals surface area contributed by atoms with E-state index in [1.807, 2.05) is 58.4 Å². The Labute approximate surface area is 380 Å². The van der Waals surface area contributed by atoms with Gasteiger partial charge in [-0.3, -0.25) is 19.6 Å². The first-order chi connectivity index (χ1) is 30.4. The molecule has 2 saturated heterocycles. The second-order valence-corrected chi connectivity index (χ2v) is 19.6. The van der Waals surface area contributed by atoms with Gasteiger partial charge in [0.1, 0.15) is 12.1 Å². The van der Waals surface area contributed by atoms with Gasteiger partial charge in [0.15, 0.2) is 0 Å². The third kappa shape index (κ3) is 10.8. The quantitative estimate of drug-likeness (QED) is 0.156. The van der Waals surface area contributed by atoms with Crippen LogP contribution in [0, 0.1) is 11.3 Å². The Bertz CT molecular complexity index is 2230. The summed E-state index contributed by atoms with van der Waals surface area (Å²) in [5, 5.41) is 7.98. The number of benzene rings is 1. The molecule has 1 aromatic carbocycles. The van der Waals surface area contributed by atoms with Crippen LogP contribution in [0.25, 0.3) is 27.7 Å². The number of urea groups is 1. The molecule has 350 valence electrons. The smallest absolute Gasteiger partial charge is 0.320 e. The molecule has 6 rings (SSSR count). The second kappa shape index (κ2) is 20.7. The molecule has 0 saturated carbocycles. The summed E-state index contributed by atoms with van der Waals surface area (Å²) in [5.41, 5.74) is 7.59. The van der Waals surface area contributed by atoms with Gasteiger partial charge < -0.3 is 34.1 Å². The van der Waals surface area contributed by atoms with E-state index in [1.54, 1.807) is 47.8 Å². The van der Waals surface area contributed by atoms with E-state index in [0.29, 0.717) is 72.5 Å². The molecule has 4 amide bonds. The highest BCUT2D eigenvalue weighted by molar-refractivity contribution is 7.10. The van der Waals surface area contributed by atoms with Gasteiger partial charge in [-0.1, -0.05) is 46.4 Å². The van der Waals surface area contributed by atoms with Gasteiger partial charge in [-0.25, -0.2) is 24.0 Å². The number of nitrogens with one attached hydrogen (secondary N) is 2. The topological polar surface area (TPSA) is 137 Å². The van der Waals surface area contributed by atoms with E-state index in [9.17, 15) is 23.2 Å². The number of likely N-dealkylation sites (tertiary alicyclic amines) is 1. The summed E-state index contributed by atoms with van der Waals surface area (Å²) in [7, 11) is 7.20. The van der Waals surface area contributed by atoms with Crippen molar-refractivity contribution in [3.05, 3.63) is 58.2 Å². The number of alkyl halides is 2. The molecule has 0 unspecified atom stereocenters. The molecule has 6 bridgehead atoms. The number of allylic oxidation sites excluding steroid dienone is 2. The van der Waals surface area contributed by atoms with Crippen molar-refractivity contribution in [2.24, 2.45) is 16.3 Å².